The van der Waals surface area contributed by atoms with Crippen molar-refractivity contribution >= 4 is 17.5 Å². The highest BCUT2D eigenvalue weighted by atomic mass is 16.3. The van der Waals surface area contributed by atoms with Gasteiger partial charge in [0.15, 0.2) is 6.10 Å². The van der Waals surface area contributed by atoms with Crippen LogP contribution in [-0.2, 0) is 16.1 Å². The lowest BCUT2D eigenvalue weighted by Gasteiger charge is -2.20. The van der Waals surface area contributed by atoms with Gasteiger partial charge in [0.1, 0.15) is 0 Å². The summed E-state index contributed by atoms with van der Waals surface area (Å²) in [4.78, 5) is 25.5. The Kier molecular flexibility index (Phi) is 6.63. The minimum Gasteiger partial charge on any atom is -0.378 e. The van der Waals surface area contributed by atoms with E-state index in [0.29, 0.717) is 17.8 Å². The van der Waals surface area contributed by atoms with Crippen molar-refractivity contribution in [3.63, 3.8) is 0 Å². The Morgan fingerprint density at radius 2 is 1.73 bits per heavy atom. The fourth-order valence-corrected chi connectivity index (χ4v) is 2.41. The third-order valence-corrected chi connectivity index (χ3v) is 3.98. The number of carbonyl (C=O) groups excluding carboxylic acids is 2. The lowest BCUT2D eigenvalue weighted by Crippen LogP contribution is -2.40. The number of rotatable bonds is 7. The van der Waals surface area contributed by atoms with E-state index in [4.69, 9.17) is 5.41 Å². The van der Waals surface area contributed by atoms with Crippen LogP contribution < -0.4 is 5.32 Å². The number of hydrogen-bond donors (Lipinski definition) is 3. The van der Waals surface area contributed by atoms with E-state index in [9.17, 15) is 14.7 Å². The molecule has 3 N–H and O–H groups in total. The van der Waals surface area contributed by atoms with E-state index in [1.807, 2.05) is 24.3 Å². The average molecular weight is 353 g/mol. The van der Waals surface area contributed by atoms with Gasteiger partial charge >= 0.3 is 0 Å². The van der Waals surface area contributed by atoms with E-state index in [0.717, 1.165) is 11.1 Å². The van der Waals surface area contributed by atoms with Crippen molar-refractivity contribution in [2.45, 2.75) is 19.6 Å². The SMILES string of the molecule is CC(=N)c1ccc(CNC(=O)CN(C)C(=O)C(O)c2ccccc2)cc1. The summed E-state index contributed by atoms with van der Waals surface area (Å²) < 4.78 is 0. The number of nitrogens with one attached hydrogen (secondary N) is 2. The fraction of sp³-hybridized carbons (Fsp3) is 0.250. The second-order valence-electron chi connectivity index (χ2n) is 6.11. The van der Waals surface area contributed by atoms with Crippen molar-refractivity contribution in [3.05, 3.63) is 71.3 Å². The molecule has 6 nitrogen and oxygen atoms in total. The maximum absolute atomic E-state index is 12.2. The zero-order chi connectivity index (χ0) is 19.1. The van der Waals surface area contributed by atoms with Crippen LogP contribution in [0.5, 0.6) is 0 Å². The van der Waals surface area contributed by atoms with E-state index >= 15 is 0 Å². The monoisotopic (exact) mass is 353 g/mol. The van der Waals surface area contributed by atoms with Crippen LogP contribution in [-0.4, -0.2) is 41.1 Å². The lowest BCUT2D eigenvalue weighted by molar-refractivity contribution is -0.142. The number of carbonyl (C=O) groups is 2. The Labute approximate surface area is 153 Å². The van der Waals surface area contributed by atoms with Crippen LogP contribution in [0, 0.1) is 5.41 Å². The van der Waals surface area contributed by atoms with Gasteiger partial charge in [-0.2, -0.15) is 0 Å². The van der Waals surface area contributed by atoms with Gasteiger partial charge in [0.05, 0.1) is 6.54 Å². The topological polar surface area (TPSA) is 93.5 Å². The first-order valence-electron chi connectivity index (χ1n) is 8.27. The van der Waals surface area contributed by atoms with Crippen molar-refractivity contribution in [2.24, 2.45) is 0 Å². The summed E-state index contributed by atoms with van der Waals surface area (Å²) in [5.74, 6) is -0.842. The number of hydrogen-bond acceptors (Lipinski definition) is 4. The molecule has 0 aromatic heterocycles. The molecule has 0 saturated carbocycles. The number of aliphatic hydroxyl groups is 1. The summed E-state index contributed by atoms with van der Waals surface area (Å²) in [6.45, 7) is 1.91. The van der Waals surface area contributed by atoms with Crippen LogP contribution in [0.3, 0.4) is 0 Å². The third kappa shape index (κ3) is 5.26. The first-order chi connectivity index (χ1) is 12.4. The quantitative estimate of drug-likeness (QED) is 0.664. The Morgan fingerprint density at radius 3 is 2.31 bits per heavy atom. The molecule has 1 unspecified atom stereocenters. The van der Waals surface area contributed by atoms with Gasteiger partial charge in [-0.25, -0.2) is 0 Å². The zero-order valence-corrected chi connectivity index (χ0v) is 14.9. The van der Waals surface area contributed by atoms with Crippen molar-refractivity contribution in [1.82, 2.24) is 10.2 Å². The Morgan fingerprint density at radius 1 is 1.12 bits per heavy atom. The summed E-state index contributed by atoms with van der Waals surface area (Å²) in [5, 5.41) is 20.4. The van der Waals surface area contributed by atoms with Crippen molar-refractivity contribution in [1.29, 1.82) is 5.41 Å². The van der Waals surface area contributed by atoms with Gasteiger partial charge in [-0.05, 0) is 23.6 Å². The molecule has 136 valence electrons. The molecule has 0 radical (unpaired) electrons. The number of benzene rings is 2. The molecule has 6 heteroatoms. The maximum Gasteiger partial charge on any atom is 0.256 e. The number of amides is 2. The number of aliphatic hydroxyl groups excluding tert-OH is 1. The van der Waals surface area contributed by atoms with E-state index in [-0.39, 0.29) is 12.5 Å². The van der Waals surface area contributed by atoms with Crippen LogP contribution >= 0.6 is 0 Å². The van der Waals surface area contributed by atoms with E-state index in [1.54, 1.807) is 37.3 Å². The van der Waals surface area contributed by atoms with Gasteiger partial charge in [-0.1, -0.05) is 54.6 Å². The van der Waals surface area contributed by atoms with E-state index in [2.05, 4.69) is 5.32 Å². The van der Waals surface area contributed by atoms with Crippen molar-refractivity contribution in [2.75, 3.05) is 13.6 Å². The van der Waals surface area contributed by atoms with Gasteiger partial charge in [-0.3, -0.25) is 9.59 Å². The summed E-state index contributed by atoms with van der Waals surface area (Å²) in [6, 6.07) is 16.0. The second kappa shape index (κ2) is 8.92. The maximum atomic E-state index is 12.2. The molecule has 2 rings (SSSR count). The van der Waals surface area contributed by atoms with Crippen LogP contribution in [0.1, 0.15) is 29.7 Å². The smallest absolute Gasteiger partial charge is 0.256 e. The van der Waals surface area contributed by atoms with Gasteiger partial charge < -0.3 is 20.7 Å². The molecule has 2 aromatic carbocycles. The Bertz CT molecular complexity index is 773. The number of nitrogens with zero attached hydrogens (tertiary/aromatic N) is 1. The van der Waals surface area contributed by atoms with E-state index in [1.165, 1.54) is 11.9 Å². The molecule has 0 bridgehead atoms. The molecular formula is C20H23N3O3. The first kappa shape index (κ1) is 19.3. The molecule has 0 aliphatic rings. The summed E-state index contributed by atoms with van der Waals surface area (Å²) in [6.07, 6.45) is -1.29. The van der Waals surface area contributed by atoms with Gasteiger partial charge in [0.2, 0.25) is 5.91 Å². The fourth-order valence-electron chi connectivity index (χ4n) is 2.41. The molecule has 0 aliphatic heterocycles. The van der Waals surface area contributed by atoms with Crippen LogP contribution in [0.15, 0.2) is 54.6 Å². The molecular weight excluding hydrogens is 330 g/mol. The van der Waals surface area contributed by atoms with E-state index < -0.39 is 12.0 Å². The highest BCUT2D eigenvalue weighted by Crippen LogP contribution is 2.14. The second-order valence-corrected chi connectivity index (χ2v) is 6.11. The molecule has 26 heavy (non-hydrogen) atoms. The predicted molar refractivity (Wildman–Crippen MR) is 99.8 cm³/mol. The minimum absolute atomic E-state index is 0.138. The Balaban J connectivity index is 1.84. The summed E-state index contributed by atoms with van der Waals surface area (Å²) in [7, 11) is 1.48. The zero-order valence-electron chi connectivity index (χ0n) is 14.9. The standard InChI is InChI=1S/C20H23N3O3/c1-14(21)16-10-8-15(9-11-16)12-22-18(24)13-23(2)20(26)19(25)17-6-4-3-5-7-17/h3-11,19,21,25H,12-13H2,1-2H3,(H,22,24). The van der Waals surface area contributed by atoms with Gasteiger partial charge in [-0.15, -0.1) is 0 Å². The summed E-state index contributed by atoms with van der Waals surface area (Å²) >= 11 is 0. The molecule has 0 saturated heterocycles. The molecule has 2 amide bonds. The Hall–Kier alpha value is -2.99. The normalized spacial score (nSPS) is 11.5. The highest BCUT2D eigenvalue weighted by Gasteiger charge is 2.22. The van der Waals surface area contributed by atoms with Crippen molar-refractivity contribution < 1.29 is 14.7 Å². The highest BCUT2D eigenvalue weighted by molar-refractivity contribution is 5.96. The molecule has 1 atom stereocenters. The number of likely N-dealkylation sites (N-methyl/N-ethyl adjacent to an activating group) is 1. The lowest BCUT2D eigenvalue weighted by atomic mass is 10.1. The molecule has 0 spiro atoms. The largest absolute Gasteiger partial charge is 0.378 e. The first-order valence-corrected chi connectivity index (χ1v) is 8.27. The van der Waals surface area contributed by atoms with Crippen molar-refractivity contribution in [3.8, 4) is 0 Å². The molecule has 0 aliphatic carbocycles. The van der Waals surface area contributed by atoms with Gasteiger partial charge in [0.25, 0.3) is 5.91 Å². The van der Waals surface area contributed by atoms with Crippen LogP contribution in [0.4, 0.5) is 0 Å². The molecule has 2 aromatic rings. The van der Waals surface area contributed by atoms with Crippen LogP contribution in [0.25, 0.3) is 0 Å². The molecule has 0 fully saturated rings. The average Bonchev–Trinajstić information content (AvgIpc) is 2.66. The predicted octanol–water partition coefficient (Wildman–Crippen LogP) is 1.88. The third-order valence-electron chi connectivity index (χ3n) is 3.98. The minimum atomic E-state index is -1.29. The van der Waals surface area contributed by atoms with Gasteiger partial charge in [0, 0.05) is 19.3 Å². The molecule has 0 heterocycles. The summed E-state index contributed by atoms with van der Waals surface area (Å²) in [5.41, 5.74) is 2.71. The van der Waals surface area contributed by atoms with Crippen LogP contribution in [0.2, 0.25) is 0 Å².